The number of ether oxygens (including phenoxy) is 1. The van der Waals surface area contributed by atoms with Crippen molar-refractivity contribution in [3.63, 3.8) is 0 Å². The third-order valence-electron chi connectivity index (χ3n) is 2.00. The molecule has 13 heavy (non-hydrogen) atoms. The van der Waals surface area contributed by atoms with E-state index >= 15 is 0 Å². The molecule has 0 spiro atoms. The topological polar surface area (TPSA) is 46.5 Å². The number of fused-ring (bicyclic) bond motifs is 1. The fraction of sp³-hybridized carbons (Fsp3) is 0.100. The van der Waals surface area contributed by atoms with Gasteiger partial charge in [0, 0.05) is 5.56 Å². The summed E-state index contributed by atoms with van der Waals surface area (Å²) in [5, 5.41) is 9.49. The highest BCUT2D eigenvalue weighted by Crippen LogP contribution is 2.32. The molecular weight excluding hydrogens is 168 g/mol. The lowest BCUT2D eigenvalue weighted by atomic mass is 10.0. The molecule has 0 fully saturated rings. The second-order valence-corrected chi connectivity index (χ2v) is 2.78. The fourth-order valence-corrected chi connectivity index (χ4v) is 1.39. The lowest BCUT2D eigenvalue weighted by Gasteiger charge is -2.18. The minimum absolute atomic E-state index is 0.0963. The molecule has 1 aromatic carbocycles. The molecule has 0 bridgehead atoms. The number of benzene rings is 1. The molecule has 0 saturated carbocycles. The lowest BCUT2D eigenvalue weighted by molar-refractivity contribution is -0.115. The van der Waals surface area contributed by atoms with Crippen LogP contribution in [0.2, 0.25) is 0 Å². The zero-order valence-electron chi connectivity index (χ0n) is 6.81. The quantitative estimate of drug-likeness (QED) is 0.661. The number of carbonyl (C=O) groups is 1. The van der Waals surface area contributed by atoms with Gasteiger partial charge in [0.2, 0.25) is 0 Å². The van der Waals surface area contributed by atoms with Gasteiger partial charge in [-0.2, -0.15) is 0 Å². The number of rotatable bonds is 1. The van der Waals surface area contributed by atoms with Gasteiger partial charge < -0.3 is 9.84 Å². The molecule has 0 radical (unpaired) electrons. The Morgan fingerprint density at radius 1 is 1.46 bits per heavy atom. The molecule has 1 N–H and O–H groups in total. The monoisotopic (exact) mass is 176 g/mol. The Morgan fingerprint density at radius 2 is 2.31 bits per heavy atom. The van der Waals surface area contributed by atoms with Crippen LogP contribution in [0.1, 0.15) is 17.2 Å². The van der Waals surface area contributed by atoms with Crippen LogP contribution >= 0.6 is 0 Å². The van der Waals surface area contributed by atoms with E-state index in [9.17, 15) is 9.90 Å². The molecule has 1 atom stereocenters. The maximum absolute atomic E-state index is 10.6. The van der Waals surface area contributed by atoms with Crippen molar-refractivity contribution in [1.29, 1.82) is 0 Å². The summed E-state index contributed by atoms with van der Waals surface area (Å²) in [7, 11) is 0. The first-order valence-corrected chi connectivity index (χ1v) is 3.92. The van der Waals surface area contributed by atoms with Gasteiger partial charge >= 0.3 is 0 Å². The molecule has 2 rings (SSSR count). The molecule has 1 aliphatic heterocycles. The third-order valence-corrected chi connectivity index (χ3v) is 2.00. The van der Waals surface area contributed by atoms with Crippen molar-refractivity contribution in [2.45, 2.75) is 6.10 Å². The second-order valence-electron chi connectivity index (χ2n) is 2.78. The van der Waals surface area contributed by atoms with E-state index in [2.05, 4.69) is 0 Å². The molecule has 1 unspecified atom stereocenters. The Morgan fingerprint density at radius 3 is 3.08 bits per heavy atom. The average molecular weight is 176 g/mol. The van der Waals surface area contributed by atoms with Crippen LogP contribution in [0.25, 0.3) is 6.08 Å². The van der Waals surface area contributed by atoms with E-state index in [1.165, 1.54) is 12.3 Å². The Balaban J connectivity index is 2.60. The summed E-state index contributed by atoms with van der Waals surface area (Å²) in [5.41, 5.74) is 1.36. The summed E-state index contributed by atoms with van der Waals surface area (Å²) < 4.78 is 5.03. The van der Waals surface area contributed by atoms with E-state index in [0.717, 1.165) is 5.56 Å². The van der Waals surface area contributed by atoms with Crippen molar-refractivity contribution in [1.82, 2.24) is 0 Å². The van der Waals surface area contributed by atoms with E-state index < -0.39 is 6.10 Å². The highest BCUT2D eigenvalue weighted by molar-refractivity contribution is 5.70. The number of hydrogen-bond acceptors (Lipinski definition) is 3. The van der Waals surface area contributed by atoms with E-state index in [1.807, 2.05) is 6.07 Å². The van der Waals surface area contributed by atoms with Crippen molar-refractivity contribution in [3.05, 3.63) is 35.6 Å². The SMILES string of the molecule is O=CC1OC=Cc2cccc(O)c21. The minimum atomic E-state index is -0.679. The minimum Gasteiger partial charge on any atom is -0.507 e. The fourth-order valence-electron chi connectivity index (χ4n) is 1.39. The van der Waals surface area contributed by atoms with Crippen LogP contribution in [0.5, 0.6) is 5.75 Å². The molecule has 0 amide bonds. The third kappa shape index (κ3) is 1.18. The standard InChI is InChI=1S/C10H8O3/c11-6-9-10-7(4-5-13-9)2-1-3-8(10)12/h1-6,9,12H. The van der Waals surface area contributed by atoms with Gasteiger partial charge in [-0.25, -0.2) is 0 Å². The van der Waals surface area contributed by atoms with Crippen molar-refractivity contribution >= 4 is 12.4 Å². The van der Waals surface area contributed by atoms with Gasteiger partial charge in [-0.05, 0) is 17.7 Å². The van der Waals surface area contributed by atoms with Gasteiger partial charge in [0.05, 0.1) is 6.26 Å². The molecule has 1 aliphatic rings. The van der Waals surface area contributed by atoms with Gasteiger partial charge in [0.25, 0.3) is 0 Å². The molecule has 3 nitrogen and oxygen atoms in total. The maximum Gasteiger partial charge on any atom is 0.182 e. The highest BCUT2D eigenvalue weighted by Gasteiger charge is 2.20. The van der Waals surface area contributed by atoms with Crippen LogP contribution in [0.4, 0.5) is 0 Å². The molecule has 3 heteroatoms. The summed E-state index contributed by atoms with van der Waals surface area (Å²) >= 11 is 0. The Bertz CT molecular complexity index is 368. The highest BCUT2D eigenvalue weighted by atomic mass is 16.5. The van der Waals surface area contributed by atoms with Gasteiger partial charge in [-0.3, -0.25) is 4.79 Å². The van der Waals surface area contributed by atoms with Gasteiger partial charge in [-0.1, -0.05) is 12.1 Å². The summed E-state index contributed by atoms with van der Waals surface area (Å²) in [6.07, 6.45) is 3.17. The predicted molar refractivity (Wildman–Crippen MR) is 47.0 cm³/mol. The first kappa shape index (κ1) is 7.86. The van der Waals surface area contributed by atoms with Crippen molar-refractivity contribution in [2.24, 2.45) is 0 Å². The number of hydrogen-bond donors (Lipinski definition) is 1. The molecule has 1 aromatic rings. The van der Waals surface area contributed by atoms with Gasteiger partial charge in [0.1, 0.15) is 5.75 Å². The number of aromatic hydroxyl groups is 1. The average Bonchev–Trinajstić information content (AvgIpc) is 2.17. The molecule has 1 heterocycles. The van der Waals surface area contributed by atoms with E-state index in [1.54, 1.807) is 12.1 Å². The van der Waals surface area contributed by atoms with Crippen molar-refractivity contribution in [3.8, 4) is 5.75 Å². The lowest BCUT2D eigenvalue weighted by Crippen LogP contribution is -2.07. The zero-order chi connectivity index (χ0) is 9.26. The van der Waals surface area contributed by atoms with E-state index in [0.29, 0.717) is 11.8 Å². The Hall–Kier alpha value is -1.77. The summed E-state index contributed by atoms with van der Waals surface area (Å²) in [5.74, 6) is 0.0963. The van der Waals surface area contributed by atoms with Crippen molar-refractivity contribution in [2.75, 3.05) is 0 Å². The normalized spacial score (nSPS) is 18.9. The van der Waals surface area contributed by atoms with E-state index in [-0.39, 0.29) is 5.75 Å². The summed E-state index contributed by atoms with van der Waals surface area (Å²) in [4.78, 5) is 10.6. The summed E-state index contributed by atoms with van der Waals surface area (Å²) in [6, 6.07) is 5.09. The largest absolute Gasteiger partial charge is 0.507 e. The van der Waals surface area contributed by atoms with E-state index in [4.69, 9.17) is 4.74 Å². The van der Waals surface area contributed by atoms with Crippen LogP contribution < -0.4 is 0 Å². The maximum atomic E-state index is 10.6. The Labute approximate surface area is 75.3 Å². The van der Waals surface area contributed by atoms with Crippen LogP contribution in [0, 0.1) is 0 Å². The van der Waals surface area contributed by atoms with Crippen LogP contribution in [-0.4, -0.2) is 11.4 Å². The van der Waals surface area contributed by atoms with Gasteiger partial charge in [-0.15, -0.1) is 0 Å². The number of phenolic OH excluding ortho intramolecular Hbond substituents is 1. The van der Waals surface area contributed by atoms with Crippen molar-refractivity contribution < 1.29 is 14.6 Å². The number of aldehydes is 1. The smallest absolute Gasteiger partial charge is 0.182 e. The number of carbonyl (C=O) groups excluding carboxylic acids is 1. The Kier molecular flexibility index (Phi) is 1.77. The molecule has 0 aliphatic carbocycles. The first-order chi connectivity index (χ1) is 6.33. The molecule has 66 valence electrons. The number of phenols is 1. The zero-order valence-corrected chi connectivity index (χ0v) is 6.81. The first-order valence-electron chi connectivity index (χ1n) is 3.92. The van der Waals surface area contributed by atoms with Crippen LogP contribution in [-0.2, 0) is 9.53 Å². The molecule has 0 aromatic heterocycles. The predicted octanol–water partition coefficient (Wildman–Crippen LogP) is 1.63. The molecule has 0 saturated heterocycles. The van der Waals surface area contributed by atoms with Crippen LogP contribution in [0.15, 0.2) is 24.5 Å². The second kappa shape index (κ2) is 2.94. The van der Waals surface area contributed by atoms with Crippen LogP contribution in [0.3, 0.4) is 0 Å². The van der Waals surface area contributed by atoms with Gasteiger partial charge in [0.15, 0.2) is 12.4 Å². The molecular formula is C10H8O3. The summed E-state index contributed by atoms with van der Waals surface area (Å²) in [6.45, 7) is 0.